The van der Waals surface area contributed by atoms with Gasteiger partial charge < -0.3 is 20.2 Å². The lowest BCUT2D eigenvalue weighted by Crippen LogP contribution is -2.60. The van der Waals surface area contributed by atoms with Crippen molar-refractivity contribution >= 4 is 12.0 Å². The number of likely N-dealkylation sites (N-methyl/N-ethyl adjacent to an activating group) is 1. The SMILES string of the molecule is CN(C)C1CCCN(C(=O)NC2(CC(=O)O)CCC2)C1. The maximum atomic E-state index is 12.4. The van der Waals surface area contributed by atoms with E-state index in [9.17, 15) is 9.59 Å². The first kappa shape index (κ1) is 15.1. The Kier molecular flexibility index (Phi) is 4.52. The number of carboxylic acids is 1. The van der Waals surface area contributed by atoms with Gasteiger partial charge in [0.2, 0.25) is 0 Å². The van der Waals surface area contributed by atoms with Gasteiger partial charge >= 0.3 is 12.0 Å². The molecule has 1 heterocycles. The molecule has 0 bridgehead atoms. The lowest BCUT2D eigenvalue weighted by molar-refractivity contribution is -0.139. The fourth-order valence-corrected chi connectivity index (χ4v) is 3.11. The van der Waals surface area contributed by atoms with Crippen LogP contribution in [-0.4, -0.2) is 65.7 Å². The fourth-order valence-electron chi connectivity index (χ4n) is 3.11. The van der Waals surface area contributed by atoms with Crippen molar-refractivity contribution in [2.24, 2.45) is 0 Å². The number of piperidine rings is 1. The minimum atomic E-state index is -0.838. The molecule has 0 spiro atoms. The standard InChI is InChI=1S/C14H25N3O3/c1-16(2)11-5-3-8-17(10-11)13(20)15-14(6-4-7-14)9-12(18)19/h11H,3-10H2,1-2H3,(H,15,20)(H,18,19). The molecule has 1 aliphatic carbocycles. The summed E-state index contributed by atoms with van der Waals surface area (Å²) in [5.41, 5.74) is -0.506. The van der Waals surface area contributed by atoms with E-state index < -0.39 is 11.5 Å². The van der Waals surface area contributed by atoms with Crippen LogP contribution in [0.25, 0.3) is 0 Å². The number of amides is 2. The van der Waals surface area contributed by atoms with Crippen molar-refractivity contribution in [1.82, 2.24) is 15.1 Å². The number of rotatable bonds is 4. The Morgan fingerprint density at radius 1 is 1.35 bits per heavy atom. The minimum absolute atomic E-state index is 0.0314. The van der Waals surface area contributed by atoms with Crippen LogP contribution in [-0.2, 0) is 4.79 Å². The summed E-state index contributed by atoms with van der Waals surface area (Å²) >= 11 is 0. The number of likely N-dealkylation sites (tertiary alicyclic amines) is 1. The molecule has 2 N–H and O–H groups in total. The predicted molar refractivity (Wildman–Crippen MR) is 75.6 cm³/mol. The van der Waals surface area contributed by atoms with Gasteiger partial charge in [0.05, 0.1) is 12.0 Å². The number of hydrogen-bond donors (Lipinski definition) is 2. The van der Waals surface area contributed by atoms with Gasteiger partial charge in [-0.25, -0.2) is 4.79 Å². The number of carbonyl (C=O) groups excluding carboxylic acids is 1. The quantitative estimate of drug-likeness (QED) is 0.811. The summed E-state index contributed by atoms with van der Waals surface area (Å²) in [6, 6.07) is 0.295. The van der Waals surface area contributed by atoms with Crippen LogP contribution in [0.1, 0.15) is 38.5 Å². The Morgan fingerprint density at radius 2 is 2.05 bits per heavy atom. The second kappa shape index (κ2) is 5.99. The van der Waals surface area contributed by atoms with Crippen molar-refractivity contribution in [3.05, 3.63) is 0 Å². The molecule has 2 amide bonds. The fraction of sp³-hybridized carbons (Fsp3) is 0.857. The molecule has 1 unspecified atom stereocenters. The zero-order valence-corrected chi connectivity index (χ0v) is 12.4. The maximum absolute atomic E-state index is 12.4. The normalized spacial score (nSPS) is 25.1. The third kappa shape index (κ3) is 3.42. The predicted octanol–water partition coefficient (Wildman–Crippen LogP) is 1.12. The third-order valence-corrected chi connectivity index (χ3v) is 4.59. The lowest BCUT2D eigenvalue weighted by Gasteiger charge is -2.44. The Balaban J connectivity index is 1.92. The van der Waals surface area contributed by atoms with Crippen LogP contribution in [0, 0.1) is 0 Å². The highest BCUT2D eigenvalue weighted by molar-refractivity contribution is 5.77. The van der Waals surface area contributed by atoms with Crippen molar-refractivity contribution < 1.29 is 14.7 Å². The monoisotopic (exact) mass is 283 g/mol. The van der Waals surface area contributed by atoms with Crippen LogP contribution < -0.4 is 5.32 Å². The van der Waals surface area contributed by atoms with Crippen LogP contribution in [0.2, 0.25) is 0 Å². The summed E-state index contributed by atoms with van der Waals surface area (Å²) in [5.74, 6) is -0.838. The number of carboxylic acid groups (broad SMARTS) is 1. The van der Waals surface area contributed by atoms with E-state index in [1.54, 1.807) is 0 Å². The molecule has 2 aliphatic rings. The average molecular weight is 283 g/mol. The van der Waals surface area contributed by atoms with Crippen molar-refractivity contribution in [3.8, 4) is 0 Å². The number of carbonyl (C=O) groups is 2. The van der Waals surface area contributed by atoms with Gasteiger partial charge in [0.1, 0.15) is 0 Å². The van der Waals surface area contributed by atoms with Crippen molar-refractivity contribution in [1.29, 1.82) is 0 Å². The van der Waals surface area contributed by atoms with Gasteiger partial charge in [-0.2, -0.15) is 0 Å². The summed E-state index contributed by atoms with van der Waals surface area (Å²) in [4.78, 5) is 27.3. The van der Waals surface area contributed by atoms with E-state index in [-0.39, 0.29) is 12.5 Å². The molecule has 0 aromatic carbocycles. The first-order chi connectivity index (χ1) is 9.42. The topological polar surface area (TPSA) is 72.9 Å². The van der Waals surface area contributed by atoms with Crippen molar-refractivity contribution in [2.75, 3.05) is 27.2 Å². The molecule has 0 aromatic heterocycles. The number of urea groups is 1. The Hall–Kier alpha value is -1.30. The molecule has 6 heteroatoms. The highest BCUT2D eigenvalue weighted by Crippen LogP contribution is 2.35. The van der Waals surface area contributed by atoms with E-state index in [0.29, 0.717) is 6.04 Å². The van der Waals surface area contributed by atoms with E-state index in [1.165, 1.54) is 0 Å². The second-order valence-corrected chi connectivity index (χ2v) is 6.34. The third-order valence-electron chi connectivity index (χ3n) is 4.59. The average Bonchev–Trinajstić information content (AvgIpc) is 2.35. The molecule has 0 radical (unpaired) electrons. The molecule has 0 aromatic rings. The zero-order valence-electron chi connectivity index (χ0n) is 12.4. The maximum Gasteiger partial charge on any atom is 0.317 e. The molecule has 1 saturated carbocycles. The van der Waals surface area contributed by atoms with Crippen LogP contribution >= 0.6 is 0 Å². The van der Waals surface area contributed by atoms with Crippen LogP contribution in [0.4, 0.5) is 4.79 Å². The van der Waals surface area contributed by atoms with Gasteiger partial charge in [0, 0.05) is 19.1 Å². The Labute approximate surface area is 120 Å². The van der Waals surface area contributed by atoms with Crippen LogP contribution in [0.5, 0.6) is 0 Å². The summed E-state index contributed by atoms with van der Waals surface area (Å²) in [6.07, 6.45) is 4.68. The van der Waals surface area contributed by atoms with E-state index in [2.05, 4.69) is 10.2 Å². The van der Waals surface area contributed by atoms with Gasteiger partial charge in [-0.15, -0.1) is 0 Å². The Morgan fingerprint density at radius 3 is 2.55 bits per heavy atom. The number of hydrogen-bond acceptors (Lipinski definition) is 3. The summed E-state index contributed by atoms with van der Waals surface area (Å²) in [5, 5.41) is 12.0. The molecule has 1 atom stereocenters. The number of nitrogens with one attached hydrogen (secondary N) is 1. The summed E-state index contributed by atoms with van der Waals surface area (Å²) < 4.78 is 0. The lowest BCUT2D eigenvalue weighted by atomic mass is 9.74. The largest absolute Gasteiger partial charge is 0.481 e. The van der Waals surface area contributed by atoms with Crippen LogP contribution in [0.15, 0.2) is 0 Å². The molecular formula is C14H25N3O3. The highest BCUT2D eigenvalue weighted by Gasteiger charge is 2.41. The van der Waals surface area contributed by atoms with E-state index in [1.807, 2.05) is 19.0 Å². The Bertz CT molecular complexity index is 380. The smallest absolute Gasteiger partial charge is 0.317 e. The van der Waals surface area contributed by atoms with E-state index in [0.717, 1.165) is 45.2 Å². The van der Waals surface area contributed by atoms with Crippen molar-refractivity contribution in [2.45, 2.75) is 50.1 Å². The number of aliphatic carboxylic acids is 1. The molecule has 114 valence electrons. The zero-order chi connectivity index (χ0) is 14.8. The molecular weight excluding hydrogens is 258 g/mol. The van der Waals surface area contributed by atoms with Gasteiger partial charge in [-0.3, -0.25) is 4.79 Å². The molecule has 6 nitrogen and oxygen atoms in total. The van der Waals surface area contributed by atoms with Crippen LogP contribution in [0.3, 0.4) is 0 Å². The summed E-state index contributed by atoms with van der Waals surface area (Å²) in [6.45, 7) is 1.49. The minimum Gasteiger partial charge on any atom is -0.481 e. The second-order valence-electron chi connectivity index (χ2n) is 6.34. The van der Waals surface area contributed by atoms with E-state index >= 15 is 0 Å². The van der Waals surface area contributed by atoms with Crippen molar-refractivity contribution in [3.63, 3.8) is 0 Å². The summed E-state index contributed by atoms with van der Waals surface area (Å²) in [7, 11) is 4.06. The van der Waals surface area contributed by atoms with Gasteiger partial charge in [0.15, 0.2) is 0 Å². The van der Waals surface area contributed by atoms with Gasteiger partial charge in [-0.1, -0.05) is 0 Å². The molecule has 2 rings (SSSR count). The highest BCUT2D eigenvalue weighted by atomic mass is 16.4. The first-order valence-electron chi connectivity index (χ1n) is 7.37. The molecule has 1 saturated heterocycles. The van der Waals surface area contributed by atoms with Gasteiger partial charge in [-0.05, 0) is 46.2 Å². The number of nitrogens with zero attached hydrogens (tertiary/aromatic N) is 2. The van der Waals surface area contributed by atoms with Gasteiger partial charge in [0.25, 0.3) is 0 Å². The molecule has 2 fully saturated rings. The van der Waals surface area contributed by atoms with E-state index in [4.69, 9.17) is 5.11 Å². The molecule has 20 heavy (non-hydrogen) atoms. The first-order valence-corrected chi connectivity index (χ1v) is 7.37. The molecule has 1 aliphatic heterocycles.